The molecular formula is C27H18F3N5OS. The Hall–Kier alpha value is -4.31. The molecule has 0 unspecified atom stereocenters. The molecule has 5 aromatic rings. The van der Waals surface area contributed by atoms with E-state index >= 15 is 4.39 Å². The number of carbonyl (C=O) groups excluding carboxylic acids is 1. The van der Waals surface area contributed by atoms with Gasteiger partial charge in [-0.2, -0.15) is 0 Å². The lowest BCUT2D eigenvalue weighted by Gasteiger charge is -2.13. The summed E-state index contributed by atoms with van der Waals surface area (Å²) in [6.45, 7) is 0. The Kier molecular flexibility index (Phi) is 5.80. The number of nitrogens with one attached hydrogen (secondary N) is 2. The molecular weight excluding hydrogens is 499 g/mol. The zero-order valence-electron chi connectivity index (χ0n) is 19.1. The van der Waals surface area contributed by atoms with Crippen LogP contribution in [-0.2, 0) is 0 Å². The van der Waals surface area contributed by atoms with E-state index in [1.54, 1.807) is 12.3 Å². The van der Waals surface area contributed by atoms with E-state index in [0.717, 1.165) is 23.7 Å². The number of aromatic amines is 1. The van der Waals surface area contributed by atoms with Crippen molar-refractivity contribution >= 4 is 40.1 Å². The lowest BCUT2D eigenvalue weighted by atomic mass is 10.0. The van der Waals surface area contributed by atoms with Gasteiger partial charge in [0.1, 0.15) is 22.9 Å². The Morgan fingerprint density at radius 3 is 2.89 bits per heavy atom. The molecule has 0 saturated carbocycles. The van der Waals surface area contributed by atoms with Gasteiger partial charge in [0.15, 0.2) is 5.82 Å². The zero-order chi connectivity index (χ0) is 25.5. The monoisotopic (exact) mass is 517 g/mol. The number of aromatic nitrogens is 4. The van der Waals surface area contributed by atoms with Crippen LogP contribution in [0.25, 0.3) is 27.9 Å². The van der Waals surface area contributed by atoms with Crippen molar-refractivity contribution in [2.24, 2.45) is 0 Å². The molecule has 1 aliphatic carbocycles. The zero-order valence-corrected chi connectivity index (χ0v) is 20.0. The van der Waals surface area contributed by atoms with E-state index in [2.05, 4.69) is 19.7 Å². The predicted octanol–water partition coefficient (Wildman–Crippen LogP) is 6.98. The first-order valence-electron chi connectivity index (χ1n) is 11.4. The van der Waals surface area contributed by atoms with Crippen LogP contribution in [0.2, 0.25) is 0 Å². The van der Waals surface area contributed by atoms with Gasteiger partial charge in [-0.25, -0.2) is 23.1 Å². The Bertz CT molecular complexity index is 1720. The van der Waals surface area contributed by atoms with Crippen molar-refractivity contribution in [1.82, 2.24) is 19.4 Å². The molecule has 1 aromatic carbocycles. The van der Waals surface area contributed by atoms with Gasteiger partial charge in [0, 0.05) is 46.2 Å². The molecule has 1 aliphatic rings. The largest absolute Gasteiger partial charge is 0.345 e. The molecule has 0 spiro atoms. The number of anilines is 1. The van der Waals surface area contributed by atoms with Gasteiger partial charge in [-0.15, -0.1) is 0 Å². The fourth-order valence-corrected chi connectivity index (χ4v) is 5.01. The van der Waals surface area contributed by atoms with Crippen molar-refractivity contribution in [2.45, 2.75) is 12.8 Å². The first-order valence-corrected chi connectivity index (χ1v) is 12.2. The van der Waals surface area contributed by atoms with E-state index < -0.39 is 23.0 Å². The topological polar surface area (TPSA) is 75.1 Å². The lowest BCUT2D eigenvalue weighted by molar-refractivity contribution is 0.103. The van der Waals surface area contributed by atoms with Gasteiger partial charge < -0.3 is 14.1 Å². The van der Waals surface area contributed by atoms with Crippen molar-refractivity contribution < 1.29 is 18.0 Å². The van der Waals surface area contributed by atoms with E-state index in [1.165, 1.54) is 24.4 Å². The minimum Gasteiger partial charge on any atom is -0.345 e. The lowest BCUT2D eigenvalue weighted by Crippen LogP contribution is -2.09. The molecule has 0 amide bonds. The second-order valence-corrected chi connectivity index (χ2v) is 9.40. The molecule has 0 atom stereocenters. The number of halogens is 3. The van der Waals surface area contributed by atoms with Crippen LogP contribution >= 0.6 is 11.9 Å². The Morgan fingerprint density at radius 1 is 1.16 bits per heavy atom. The minimum absolute atomic E-state index is 0.0750. The molecule has 6 rings (SSSR count). The maximum absolute atomic E-state index is 15.4. The van der Waals surface area contributed by atoms with Crippen LogP contribution in [-0.4, -0.2) is 25.1 Å². The summed E-state index contributed by atoms with van der Waals surface area (Å²) in [7, 11) is 0. The number of carbonyl (C=O) groups is 1. The van der Waals surface area contributed by atoms with E-state index in [-0.39, 0.29) is 17.1 Å². The van der Waals surface area contributed by atoms with E-state index in [4.69, 9.17) is 0 Å². The number of H-pyrrole nitrogens is 1. The third kappa shape index (κ3) is 4.29. The first-order chi connectivity index (χ1) is 18.0. The van der Waals surface area contributed by atoms with Crippen molar-refractivity contribution in [3.8, 4) is 11.3 Å². The molecule has 184 valence electrons. The second kappa shape index (κ2) is 9.29. The SMILES string of the molecule is O=C(c1c(F)ccc(NSC2=CC(F)=CCC2)c1F)c1c[nH]c2ncc(-c3cn4ccccc4n3)cc12. The second-order valence-electron chi connectivity index (χ2n) is 8.47. The number of nitrogens with zero attached hydrogens (tertiary/aromatic N) is 3. The summed E-state index contributed by atoms with van der Waals surface area (Å²) >= 11 is 1.03. The fraction of sp³-hybridized carbons (Fsp3) is 0.0741. The summed E-state index contributed by atoms with van der Waals surface area (Å²) < 4.78 is 48.3. The maximum atomic E-state index is 15.4. The molecule has 10 heteroatoms. The molecule has 2 N–H and O–H groups in total. The predicted molar refractivity (Wildman–Crippen MR) is 138 cm³/mol. The van der Waals surface area contributed by atoms with Crippen molar-refractivity contribution in [1.29, 1.82) is 0 Å². The number of fused-ring (bicyclic) bond motifs is 2. The van der Waals surface area contributed by atoms with Crippen LogP contribution in [0.3, 0.4) is 0 Å². The number of imidazole rings is 1. The average molecular weight is 518 g/mol. The molecule has 0 radical (unpaired) electrons. The van der Waals surface area contributed by atoms with Gasteiger partial charge in [0.2, 0.25) is 5.78 Å². The van der Waals surface area contributed by atoms with Gasteiger partial charge in [-0.05, 0) is 67.3 Å². The molecule has 4 heterocycles. The van der Waals surface area contributed by atoms with Gasteiger partial charge in [-0.1, -0.05) is 6.07 Å². The van der Waals surface area contributed by atoms with E-state index in [1.807, 2.05) is 35.0 Å². The molecule has 37 heavy (non-hydrogen) atoms. The number of ketones is 1. The van der Waals surface area contributed by atoms with Crippen LogP contribution < -0.4 is 4.72 Å². The molecule has 0 saturated heterocycles. The molecule has 0 fully saturated rings. The highest BCUT2D eigenvalue weighted by atomic mass is 32.2. The van der Waals surface area contributed by atoms with Gasteiger partial charge in [-0.3, -0.25) is 4.79 Å². The molecule has 0 aliphatic heterocycles. The summed E-state index contributed by atoms with van der Waals surface area (Å²) in [5.41, 5.74) is 1.77. The summed E-state index contributed by atoms with van der Waals surface area (Å²) in [5, 5.41) is 0.417. The minimum atomic E-state index is -1.02. The van der Waals surface area contributed by atoms with Crippen molar-refractivity contribution in [3.05, 3.63) is 107 Å². The molecule has 6 nitrogen and oxygen atoms in total. The smallest absolute Gasteiger partial charge is 0.201 e. The Labute approximate surface area is 213 Å². The quantitative estimate of drug-likeness (QED) is 0.188. The van der Waals surface area contributed by atoms with Crippen LogP contribution in [0.15, 0.2) is 84.1 Å². The van der Waals surface area contributed by atoms with Gasteiger partial charge in [0.05, 0.1) is 16.9 Å². The molecule has 4 aromatic heterocycles. The summed E-state index contributed by atoms with van der Waals surface area (Å²) in [6.07, 6.45) is 10.7. The average Bonchev–Trinajstić information content (AvgIpc) is 3.52. The summed E-state index contributed by atoms with van der Waals surface area (Å²) in [5.74, 6) is -3.19. The van der Waals surface area contributed by atoms with Crippen LogP contribution in [0.1, 0.15) is 28.8 Å². The Morgan fingerprint density at radius 2 is 2.05 bits per heavy atom. The van der Waals surface area contributed by atoms with Crippen LogP contribution in [0.5, 0.6) is 0 Å². The number of hydrogen-bond donors (Lipinski definition) is 2. The number of hydrogen-bond acceptors (Lipinski definition) is 5. The third-order valence-electron chi connectivity index (χ3n) is 6.07. The summed E-state index contributed by atoms with van der Waals surface area (Å²) in [6, 6.07) is 9.59. The maximum Gasteiger partial charge on any atom is 0.201 e. The number of rotatable bonds is 6. The van der Waals surface area contributed by atoms with Crippen LogP contribution in [0, 0.1) is 11.6 Å². The van der Waals surface area contributed by atoms with Crippen molar-refractivity contribution in [2.75, 3.05) is 4.72 Å². The Balaban J connectivity index is 1.34. The highest BCUT2D eigenvalue weighted by molar-refractivity contribution is 8.04. The van der Waals surface area contributed by atoms with Gasteiger partial charge in [0.25, 0.3) is 0 Å². The number of pyridine rings is 2. The number of benzene rings is 1. The standard InChI is InChI=1S/C27H18F3N5OS/c28-16-4-3-5-17(11-16)37-34-21-8-7-20(29)24(25(21)30)26(36)19-13-32-27-18(19)10-15(12-31-27)22-14-35-9-2-1-6-23(35)33-22/h1-2,4,6-14,34H,3,5H2,(H,31,32). The van der Waals surface area contributed by atoms with Crippen LogP contribution in [0.4, 0.5) is 18.9 Å². The first kappa shape index (κ1) is 23.1. The molecule has 0 bridgehead atoms. The van der Waals surface area contributed by atoms with Gasteiger partial charge >= 0.3 is 0 Å². The van der Waals surface area contributed by atoms with Crippen molar-refractivity contribution in [3.63, 3.8) is 0 Å². The fourth-order valence-electron chi connectivity index (χ4n) is 4.22. The van der Waals surface area contributed by atoms with E-state index in [0.29, 0.717) is 40.0 Å². The van der Waals surface area contributed by atoms with E-state index in [9.17, 15) is 13.6 Å². The normalized spacial score (nSPS) is 13.6. The highest BCUT2D eigenvalue weighted by Crippen LogP contribution is 2.33. The third-order valence-corrected chi connectivity index (χ3v) is 6.98. The number of allylic oxidation sites excluding steroid dienone is 4. The highest BCUT2D eigenvalue weighted by Gasteiger charge is 2.25. The summed E-state index contributed by atoms with van der Waals surface area (Å²) in [4.78, 5) is 25.9.